The monoisotopic (exact) mass is 169 g/mol. The smallest absolute Gasteiger partial charge is 0.0509 e. The molecule has 3 atom stereocenters. The summed E-state index contributed by atoms with van der Waals surface area (Å²) >= 11 is 0. The second kappa shape index (κ2) is 3.75. The summed E-state index contributed by atoms with van der Waals surface area (Å²) in [6.07, 6.45) is 3.98. The molecule has 3 unspecified atom stereocenters. The Balaban J connectivity index is 1.83. The van der Waals surface area contributed by atoms with E-state index in [2.05, 4.69) is 12.2 Å². The zero-order chi connectivity index (χ0) is 8.39. The van der Waals surface area contributed by atoms with E-state index >= 15 is 0 Å². The van der Waals surface area contributed by atoms with Crippen LogP contribution in [0.2, 0.25) is 0 Å². The number of hydrogen-bond donors (Lipinski definition) is 1. The molecule has 0 aliphatic carbocycles. The molecule has 1 N–H and O–H groups in total. The van der Waals surface area contributed by atoms with Crippen molar-refractivity contribution in [1.82, 2.24) is 5.32 Å². The lowest BCUT2D eigenvalue weighted by atomic mass is 9.91. The fourth-order valence-electron chi connectivity index (χ4n) is 2.39. The molecule has 0 spiro atoms. The van der Waals surface area contributed by atoms with E-state index in [0.717, 1.165) is 31.1 Å². The Morgan fingerprint density at radius 3 is 2.92 bits per heavy atom. The molecule has 70 valence electrons. The first-order chi connectivity index (χ1) is 5.86. The zero-order valence-corrected chi connectivity index (χ0v) is 7.88. The standard InChI is InChI=1S/C10H19NO/c1-8-5-10(11-6-8)9-3-2-4-12-7-9/h8-11H,2-7H2,1H3. The molecule has 2 heterocycles. The Hall–Kier alpha value is -0.0800. The lowest BCUT2D eigenvalue weighted by Crippen LogP contribution is -2.35. The first kappa shape index (κ1) is 8.52. The molecule has 0 aromatic rings. The van der Waals surface area contributed by atoms with Crippen LogP contribution < -0.4 is 5.32 Å². The van der Waals surface area contributed by atoms with Crippen molar-refractivity contribution in [1.29, 1.82) is 0 Å². The third-order valence-corrected chi connectivity index (χ3v) is 3.15. The predicted molar refractivity (Wildman–Crippen MR) is 49.1 cm³/mol. The fourth-order valence-corrected chi connectivity index (χ4v) is 2.39. The van der Waals surface area contributed by atoms with Gasteiger partial charge in [0.2, 0.25) is 0 Å². The topological polar surface area (TPSA) is 21.3 Å². The normalized spacial score (nSPS) is 43.2. The van der Waals surface area contributed by atoms with Crippen molar-refractivity contribution in [3.8, 4) is 0 Å². The molecule has 2 rings (SSSR count). The summed E-state index contributed by atoms with van der Waals surface area (Å²) in [5, 5.41) is 3.60. The van der Waals surface area contributed by atoms with Crippen molar-refractivity contribution in [2.45, 2.75) is 32.2 Å². The van der Waals surface area contributed by atoms with Crippen molar-refractivity contribution in [2.75, 3.05) is 19.8 Å². The van der Waals surface area contributed by atoms with Gasteiger partial charge in [-0.2, -0.15) is 0 Å². The quantitative estimate of drug-likeness (QED) is 0.641. The van der Waals surface area contributed by atoms with E-state index in [-0.39, 0.29) is 0 Å². The first-order valence-electron chi connectivity index (χ1n) is 5.17. The van der Waals surface area contributed by atoms with E-state index in [1.165, 1.54) is 25.8 Å². The van der Waals surface area contributed by atoms with Crippen LogP contribution in [0.3, 0.4) is 0 Å². The number of hydrogen-bond acceptors (Lipinski definition) is 2. The third-order valence-electron chi connectivity index (χ3n) is 3.15. The van der Waals surface area contributed by atoms with Gasteiger partial charge < -0.3 is 10.1 Å². The van der Waals surface area contributed by atoms with Crippen molar-refractivity contribution in [3.05, 3.63) is 0 Å². The minimum absolute atomic E-state index is 0.750. The molecular formula is C10H19NO. The molecule has 0 aromatic carbocycles. The molecule has 2 aliphatic heterocycles. The van der Waals surface area contributed by atoms with Gasteiger partial charge in [0, 0.05) is 12.6 Å². The Morgan fingerprint density at radius 1 is 1.42 bits per heavy atom. The summed E-state index contributed by atoms with van der Waals surface area (Å²) in [5.74, 6) is 1.67. The molecule has 2 heteroatoms. The van der Waals surface area contributed by atoms with Crippen LogP contribution in [-0.2, 0) is 4.74 Å². The van der Waals surface area contributed by atoms with Crippen LogP contribution in [0.5, 0.6) is 0 Å². The highest BCUT2D eigenvalue weighted by molar-refractivity contribution is 4.85. The van der Waals surface area contributed by atoms with Crippen LogP contribution in [0.15, 0.2) is 0 Å². The van der Waals surface area contributed by atoms with Crippen molar-refractivity contribution in [3.63, 3.8) is 0 Å². The Labute approximate surface area is 74.7 Å². The van der Waals surface area contributed by atoms with Crippen molar-refractivity contribution >= 4 is 0 Å². The summed E-state index contributed by atoms with van der Waals surface area (Å²) in [6, 6.07) is 0.750. The minimum Gasteiger partial charge on any atom is -0.381 e. The fraction of sp³-hybridized carbons (Fsp3) is 1.00. The van der Waals surface area contributed by atoms with Crippen LogP contribution in [0, 0.1) is 11.8 Å². The summed E-state index contributed by atoms with van der Waals surface area (Å²) in [5.41, 5.74) is 0. The maximum atomic E-state index is 5.49. The average molecular weight is 169 g/mol. The van der Waals surface area contributed by atoms with Gasteiger partial charge in [-0.05, 0) is 37.6 Å². The lowest BCUT2D eigenvalue weighted by molar-refractivity contribution is 0.0418. The molecule has 0 amide bonds. The second-order valence-corrected chi connectivity index (χ2v) is 4.33. The second-order valence-electron chi connectivity index (χ2n) is 4.33. The number of ether oxygens (including phenoxy) is 1. The lowest BCUT2D eigenvalue weighted by Gasteiger charge is -2.27. The molecule has 2 fully saturated rings. The van der Waals surface area contributed by atoms with Crippen molar-refractivity contribution in [2.24, 2.45) is 11.8 Å². The average Bonchev–Trinajstić information content (AvgIpc) is 2.54. The van der Waals surface area contributed by atoms with Gasteiger partial charge in [-0.3, -0.25) is 0 Å². The Kier molecular flexibility index (Phi) is 2.66. The molecule has 12 heavy (non-hydrogen) atoms. The van der Waals surface area contributed by atoms with Gasteiger partial charge in [0.05, 0.1) is 6.61 Å². The third kappa shape index (κ3) is 1.80. The summed E-state index contributed by atoms with van der Waals surface area (Å²) in [6.45, 7) is 5.51. The van der Waals surface area contributed by atoms with Gasteiger partial charge in [-0.25, -0.2) is 0 Å². The van der Waals surface area contributed by atoms with Crippen LogP contribution in [0.25, 0.3) is 0 Å². The van der Waals surface area contributed by atoms with Gasteiger partial charge in [-0.15, -0.1) is 0 Å². The van der Waals surface area contributed by atoms with Crippen LogP contribution >= 0.6 is 0 Å². The van der Waals surface area contributed by atoms with Gasteiger partial charge in [0.25, 0.3) is 0 Å². The highest BCUT2D eigenvalue weighted by Gasteiger charge is 2.29. The maximum Gasteiger partial charge on any atom is 0.0509 e. The Bertz CT molecular complexity index is 140. The molecule has 2 saturated heterocycles. The molecule has 2 aliphatic rings. The minimum atomic E-state index is 0.750. The molecule has 2 nitrogen and oxygen atoms in total. The predicted octanol–water partition coefficient (Wildman–Crippen LogP) is 1.41. The summed E-state index contributed by atoms with van der Waals surface area (Å²) in [7, 11) is 0. The zero-order valence-electron chi connectivity index (χ0n) is 7.88. The SMILES string of the molecule is CC1CNC(C2CCCOC2)C1. The summed E-state index contributed by atoms with van der Waals surface area (Å²) in [4.78, 5) is 0. The van der Waals surface area contributed by atoms with E-state index in [1.54, 1.807) is 0 Å². The Morgan fingerprint density at radius 2 is 2.33 bits per heavy atom. The number of rotatable bonds is 1. The van der Waals surface area contributed by atoms with E-state index in [0.29, 0.717) is 0 Å². The van der Waals surface area contributed by atoms with Gasteiger partial charge in [-0.1, -0.05) is 6.92 Å². The van der Waals surface area contributed by atoms with Crippen molar-refractivity contribution < 1.29 is 4.74 Å². The first-order valence-corrected chi connectivity index (χ1v) is 5.17. The maximum absolute atomic E-state index is 5.49. The highest BCUT2D eigenvalue weighted by Crippen LogP contribution is 2.25. The van der Waals surface area contributed by atoms with Crippen LogP contribution in [-0.4, -0.2) is 25.8 Å². The largest absolute Gasteiger partial charge is 0.381 e. The summed E-state index contributed by atoms with van der Waals surface area (Å²) < 4.78 is 5.49. The van der Waals surface area contributed by atoms with E-state index in [1.807, 2.05) is 0 Å². The van der Waals surface area contributed by atoms with Gasteiger partial charge >= 0.3 is 0 Å². The highest BCUT2D eigenvalue weighted by atomic mass is 16.5. The van der Waals surface area contributed by atoms with Gasteiger partial charge in [0.15, 0.2) is 0 Å². The molecular weight excluding hydrogens is 150 g/mol. The van der Waals surface area contributed by atoms with Crippen LogP contribution in [0.4, 0.5) is 0 Å². The molecule has 0 aromatic heterocycles. The van der Waals surface area contributed by atoms with Gasteiger partial charge in [0.1, 0.15) is 0 Å². The van der Waals surface area contributed by atoms with Crippen LogP contribution in [0.1, 0.15) is 26.2 Å². The molecule has 0 saturated carbocycles. The van der Waals surface area contributed by atoms with E-state index < -0.39 is 0 Å². The molecule has 0 bridgehead atoms. The van der Waals surface area contributed by atoms with E-state index in [4.69, 9.17) is 4.74 Å². The molecule has 0 radical (unpaired) electrons. The van der Waals surface area contributed by atoms with E-state index in [9.17, 15) is 0 Å². The number of nitrogens with one attached hydrogen (secondary N) is 1.